The normalized spacial score (nSPS) is 12.0. The number of benzene rings is 1. The van der Waals surface area contributed by atoms with Gasteiger partial charge in [0.1, 0.15) is 0 Å². The predicted octanol–water partition coefficient (Wildman–Crippen LogP) is 3.96. The molecule has 2 N–H and O–H groups in total. The van der Waals surface area contributed by atoms with Crippen molar-refractivity contribution >= 4 is 23.3 Å². The minimum atomic E-state index is -0.750. The molecule has 0 aliphatic rings. The highest BCUT2D eigenvalue weighted by Crippen LogP contribution is 2.20. The first-order valence-electron chi connectivity index (χ1n) is 7.87. The quantitative estimate of drug-likeness (QED) is 0.777. The molecule has 24 heavy (non-hydrogen) atoms. The number of nitrogens with zero attached hydrogens (tertiary/aromatic N) is 2. The van der Waals surface area contributed by atoms with E-state index in [0.717, 1.165) is 5.56 Å². The summed E-state index contributed by atoms with van der Waals surface area (Å²) in [5.74, 6) is 0.267. The lowest BCUT2D eigenvalue weighted by atomic mass is 10.1. The van der Waals surface area contributed by atoms with Gasteiger partial charge >= 0.3 is 6.03 Å². The Morgan fingerprint density at radius 1 is 1.21 bits per heavy atom. The molecule has 2 amide bonds. The van der Waals surface area contributed by atoms with Crippen LogP contribution >= 0.6 is 11.6 Å². The van der Waals surface area contributed by atoms with E-state index in [2.05, 4.69) is 10.3 Å². The highest BCUT2D eigenvalue weighted by atomic mass is 35.5. The molecule has 1 atom stereocenters. The minimum Gasteiger partial charge on any atom is -0.387 e. The molecule has 1 aromatic carbocycles. The maximum absolute atomic E-state index is 12.6. The number of pyridine rings is 1. The Hall–Kier alpha value is -2.11. The van der Waals surface area contributed by atoms with Crippen molar-refractivity contribution < 1.29 is 9.90 Å². The van der Waals surface area contributed by atoms with Crippen molar-refractivity contribution in [1.82, 2.24) is 9.88 Å². The zero-order valence-electron chi connectivity index (χ0n) is 13.8. The standard InChI is InChI=1S/C18H22ClN3O2/c1-13(2)11-22(12-16(23)14-7-4-3-5-8-14)18(24)21-15-9-6-10-20-17(15)19/h3-10,13,16,23H,11-12H2,1-2H3,(H,21,24)/t16-/m0/s1. The molecular weight excluding hydrogens is 326 g/mol. The first-order chi connectivity index (χ1) is 11.5. The summed E-state index contributed by atoms with van der Waals surface area (Å²) in [7, 11) is 0. The zero-order chi connectivity index (χ0) is 17.5. The van der Waals surface area contributed by atoms with Crippen LogP contribution in [0.4, 0.5) is 10.5 Å². The van der Waals surface area contributed by atoms with Gasteiger partial charge in [0.15, 0.2) is 5.15 Å². The average molecular weight is 348 g/mol. The minimum absolute atomic E-state index is 0.200. The summed E-state index contributed by atoms with van der Waals surface area (Å²) < 4.78 is 0. The number of aliphatic hydroxyl groups is 1. The summed E-state index contributed by atoms with van der Waals surface area (Å²) in [6.07, 6.45) is 0.809. The second-order valence-corrected chi connectivity index (χ2v) is 6.36. The molecule has 128 valence electrons. The Morgan fingerprint density at radius 2 is 1.92 bits per heavy atom. The van der Waals surface area contributed by atoms with E-state index < -0.39 is 6.10 Å². The molecule has 2 aromatic rings. The van der Waals surface area contributed by atoms with Crippen LogP contribution in [-0.4, -0.2) is 34.1 Å². The molecule has 0 unspecified atom stereocenters. The number of hydrogen-bond donors (Lipinski definition) is 2. The number of carbonyl (C=O) groups excluding carboxylic acids is 1. The van der Waals surface area contributed by atoms with Gasteiger partial charge in [0.25, 0.3) is 0 Å². The first-order valence-corrected chi connectivity index (χ1v) is 8.24. The molecule has 0 bridgehead atoms. The maximum atomic E-state index is 12.6. The average Bonchev–Trinajstić information content (AvgIpc) is 2.56. The van der Waals surface area contributed by atoms with Crippen molar-refractivity contribution in [2.75, 3.05) is 18.4 Å². The number of halogens is 1. The molecule has 2 rings (SSSR count). The van der Waals surface area contributed by atoms with Gasteiger partial charge in [0.2, 0.25) is 0 Å². The van der Waals surface area contributed by atoms with Gasteiger partial charge in [-0.05, 0) is 23.6 Å². The number of hydrogen-bond acceptors (Lipinski definition) is 3. The van der Waals surface area contributed by atoms with Crippen LogP contribution < -0.4 is 5.32 Å². The van der Waals surface area contributed by atoms with E-state index in [9.17, 15) is 9.90 Å². The smallest absolute Gasteiger partial charge is 0.322 e. The lowest BCUT2D eigenvalue weighted by Crippen LogP contribution is -2.40. The largest absolute Gasteiger partial charge is 0.387 e. The van der Waals surface area contributed by atoms with Gasteiger partial charge in [-0.1, -0.05) is 55.8 Å². The summed E-state index contributed by atoms with van der Waals surface area (Å²) in [5, 5.41) is 13.4. The van der Waals surface area contributed by atoms with E-state index in [1.807, 2.05) is 44.2 Å². The Balaban J connectivity index is 2.09. The summed E-state index contributed by atoms with van der Waals surface area (Å²) in [6, 6.07) is 12.4. The lowest BCUT2D eigenvalue weighted by Gasteiger charge is -2.27. The molecule has 0 aliphatic carbocycles. The topological polar surface area (TPSA) is 65.5 Å². The van der Waals surface area contributed by atoms with Crippen LogP contribution in [0, 0.1) is 5.92 Å². The number of amides is 2. The van der Waals surface area contributed by atoms with Crippen LogP contribution in [-0.2, 0) is 0 Å². The molecule has 0 saturated heterocycles. The Kier molecular flexibility index (Phi) is 6.58. The van der Waals surface area contributed by atoms with Crippen molar-refractivity contribution in [2.45, 2.75) is 20.0 Å². The summed E-state index contributed by atoms with van der Waals surface area (Å²) in [5.41, 5.74) is 1.23. The number of urea groups is 1. The monoisotopic (exact) mass is 347 g/mol. The van der Waals surface area contributed by atoms with Crippen LogP contribution in [0.25, 0.3) is 0 Å². The third kappa shape index (κ3) is 5.22. The summed E-state index contributed by atoms with van der Waals surface area (Å²) in [6.45, 7) is 4.76. The predicted molar refractivity (Wildman–Crippen MR) is 96.1 cm³/mol. The lowest BCUT2D eigenvalue weighted by molar-refractivity contribution is 0.121. The molecule has 0 fully saturated rings. The van der Waals surface area contributed by atoms with Crippen molar-refractivity contribution in [2.24, 2.45) is 5.92 Å². The number of nitrogens with one attached hydrogen (secondary N) is 1. The summed E-state index contributed by atoms with van der Waals surface area (Å²) >= 11 is 5.99. The van der Waals surface area contributed by atoms with Crippen LogP contribution in [0.2, 0.25) is 5.15 Å². The number of carbonyl (C=O) groups is 1. The molecule has 1 aromatic heterocycles. The van der Waals surface area contributed by atoms with Gasteiger partial charge < -0.3 is 15.3 Å². The molecule has 5 nitrogen and oxygen atoms in total. The van der Waals surface area contributed by atoms with E-state index in [-0.39, 0.29) is 23.6 Å². The SMILES string of the molecule is CC(C)CN(C[C@H](O)c1ccccc1)C(=O)Nc1cccnc1Cl. The fourth-order valence-corrected chi connectivity index (χ4v) is 2.51. The van der Waals surface area contributed by atoms with Gasteiger partial charge in [-0.25, -0.2) is 9.78 Å². The Morgan fingerprint density at radius 3 is 2.54 bits per heavy atom. The van der Waals surface area contributed by atoms with E-state index in [0.29, 0.717) is 12.2 Å². The Bertz CT molecular complexity index is 664. The number of anilines is 1. The van der Waals surface area contributed by atoms with Gasteiger partial charge in [-0.3, -0.25) is 0 Å². The third-order valence-corrected chi connectivity index (χ3v) is 3.75. The second kappa shape index (κ2) is 8.66. The fourth-order valence-electron chi connectivity index (χ4n) is 2.34. The van der Waals surface area contributed by atoms with Crippen molar-refractivity contribution in [3.8, 4) is 0 Å². The van der Waals surface area contributed by atoms with Crippen LogP contribution in [0.3, 0.4) is 0 Å². The third-order valence-electron chi connectivity index (χ3n) is 3.45. The highest BCUT2D eigenvalue weighted by molar-refractivity contribution is 6.32. The van der Waals surface area contributed by atoms with Crippen molar-refractivity contribution in [3.63, 3.8) is 0 Å². The maximum Gasteiger partial charge on any atom is 0.322 e. The highest BCUT2D eigenvalue weighted by Gasteiger charge is 2.20. The van der Waals surface area contributed by atoms with E-state index >= 15 is 0 Å². The number of rotatable bonds is 6. The summed E-state index contributed by atoms with van der Waals surface area (Å²) in [4.78, 5) is 18.1. The van der Waals surface area contributed by atoms with E-state index in [4.69, 9.17) is 11.6 Å². The molecule has 0 spiro atoms. The molecule has 1 heterocycles. The molecule has 0 saturated carbocycles. The van der Waals surface area contributed by atoms with Gasteiger partial charge in [0, 0.05) is 12.7 Å². The number of aliphatic hydroxyl groups excluding tert-OH is 1. The van der Waals surface area contributed by atoms with Crippen molar-refractivity contribution in [3.05, 3.63) is 59.4 Å². The number of aromatic nitrogens is 1. The second-order valence-electron chi connectivity index (χ2n) is 6.00. The van der Waals surface area contributed by atoms with Gasteiger partial charge in [-0.2, -0.15) is 0 Å². The zero-order valence-corrected chi connectivity index (χ0v) is 14.6. The van der Waals surface area contributed by atoms with Gasteiger partial charge in [-0.15, -0.1) is 0 Å². The van der Waals surface area contributed by atoms with Crippen molar-refractivity contribution in [1.29, 1.82) is 0 Å². The Labute approximate surface area is 147 Å². The molecule has 0 aliphatic heterocycles. The molecule has 6 heteroatoms. The fraction of sp³-hybridized carbons (Fsp3) is 0.333. The first kappa shape index (κ1) is 18.2. The molecular formula is C18H22ClN3O2. The molecule has 0 radical (unpaired) electrons. The van der Waals surface area contributed by atoms with Crippen LogP contribution in [0.1, 0.15) is 25.5 Å². The van der Waals surface area contributed by atoms with Crippen LogP contribution in [0.15, 0.2) is 48.7 Å². The van der Waals surface area contributed by atoms with Gasteiger partial charge in [0.05, 0.1) is 18.3 Å². The van der Waals surface area contributed by atoms with E-state index in [1.165, 1.54) is 0 Å². The van der Waals surface area contributed by atoms with E-state index in [1.54, 1.807) is 23.2 Å². The van der Waals surface area contributed by atoms with Crippen LogP contribution in [0.5, 0.6) is 0 Å².